The van der Waals surface area contributed by atoms with Gasteiger partial charge in [-0.15, -0.1) is 0 Å². The van der Waals surface area contributed by atoms with Crippen molar-refractivity contribution >= 4 is 15.4 Å². The van der Waals surface area contributed by atoms with E-state index in [1.807, 2.05) is 48.5 Å². The van der Waals surface area contributed by atoms with Crippen LogP contribution in [0.4, 0.5) is 0 Å². The molecule has 1 fully saturated rings. The topological polar surface area (TPSA) is 34.1 Å². The van der Waals surface area contributed by atoms with E-state index in [1.165, 1.54) is 16.7 Å². The Kier molecular flexibility index (Phi) is 4.05. The van der Waals surface area contributed by atoms with Gasteiger partial charge in [0.1, 0.15) is 0 Å². The first-order valence-corrected chi connectivity index (χ1v) is 10.3. The Bertz CT molecular complexity index is 851. The molecule has 4 rings (SSSR count). The molecule has 0 aromatic heterocycles. The summed E-state index contributed by atoms with van der Waals surface area (Å²) in [5.41, 5.74) is 4.56. The van der Waals surface area contributed by atoms with Crippen molar-refractivity contribution < 1.29 is 8.42 Å². The lowest BCUT2D eigenvalue weighted by Gasteiger charge is -2.37. The summed E-state index contributed by atoms with van der Waals surface area (Å²) < 4.78 is 26.6. The van der Waals surface area contributed by atoms with Gasteiger partial charge < -0.3 is 0 Å². The van der Waals surface area contributed by atoms with E-state index in [-0.39, 0.29) is 5.25 Å². The molecule has 1 aliphatic carbocycles. The van der Waals surface area contributed by atoms with Gasteiger partial charge in [-0.3, -0.25) is 0 Å². The van der Waals surface area contributed by atoms with Crippen molar-refractivity contribution in [2.24, 2.45) is 0 Å². The van der Waals surface area contributed by atoms with Gasteiger partial charge in [-0.2, -0.15) is 0 Å². The zero-order chi connectivity index (χ0) is 16.6. The summed E-state index contributed by atoms with van der Waals surface area (Å²) in [5, 5.41) is -0.707. The SMILES string of the molecule is O=S1(=O)C2CCCCC2=C(c2ccccc2)CC1c1ccccc1. The van der Waals surface area contributed by atoms with E-state index in [2.05, 4.69) is 12.1 Å². The van der Waals surface area contributed by atoms with Crippen molar-refractivity contribution in [1.29, 1.82) is 0 Å². The molecule has 2 aromatic rings. The maximum atomic E-state index is 13.3. The first kappa shape index (κ1) is 15.6. The van der Waals surface area contributed by atoms with Crippen LogP contribution in [0.3, 0.4) is 0 Å². The molecule has 0 saturated heterocycles. The first-order chi connectivity index (χ1) is 11.7. The second-order valence-corrected chi connectivity index (χ2v) is 9.11. The van der Waals surface area contributed by atoms with E-state index in [1.54, 1.807) is 0 Å². The molecule has 1 aliphatic heterocycles. The van der Waals surface area contributed by atoms with Gasteiger partial charge in [0.2, 0.25) is 0 Å². The van der Waals surface area contributed by atoms with E-state index in [0.29, 0.717) is 6.42 Å². The minimum atomic E-state index is -3.18. The van der Waals surface area contributed by atoms with Gasteiger partial charge in [-0.05, 0) is 48.0 Å². The number of benzene rings is 2. The summed E-state index contributed by atoms with van der Waals surface area (Å²) >= 11 is 0. The lowest BCUT2D eigenvalue weighted by atomic mass is 9.84. The second-order valence-electron chi connectivity index (χ2n) is 6.80. The summed E-state index contributed by atoms with van der Waals surface area (Å²) in [5.74, 6) is 0. The molecular weight excluding hydrogens is 316 g/mol. The lowest BCUT2D eigenvalue weighted by Crippen LogP contribution is -2.35. The Hall–Kier alpha value is -1.87. The van der Waals surface area contributed by atoms with Crippen LogP contribution in [0.2, 0.25) is 0 Å². The van der Waals surface area contributed by atoms with Gasteiger partial charge in [0.15, 0.2) is 9.84 Å². The van der Waals surface area contributed by atoms with Crippen LogP contribution in [0, 0.1) is 0 Å². The van der Waals surface area contributed by atoms with Crippen LogP contribution in [0.15, 0.2) is 66.2 Å². The molecule has 2 aromatic carbocycles. The van der Waals surface area contributed by atoms with Crippen LogP contribution in [-0.2, 0) is 9.84 Å². The van der Waals surface area contributed by atoms with Gasteiger partial charge in [0.25, 0.3) is 0 Å². The molecule has 2 unspecified atom stereocenters. The monoisotopic (exact) mass is 338 g/mol. The zero-order valence-electron chi connectivity index (χ0n) is 13.7. The van der Waals surface area contributed by atoms with Crippen molar-refractivity contribution in [3.63, 3.8) is 0 Å². The average Bonchev–Trinajstić information content (AvgIpc) is 2.63. The Balaban J connectivity index is 1.87. The predicted octanol–water partition coefficient (Wildman–Crippen LogP) is 4.94. The maximum Gasteiger partial charge on any atom is 0.164 e. The normalized spacial score (nSPS) is 26.0. The van der Waals surface area contributed by atoms with Gasteiger partial charge in [0, 0.05) is 0 Å². The Morgan fingerprint density at radius 3 is 2.17 bits per heavy atom. The molecule has 2 nitrogen and oxygen atoms in total. The third kappa shape index (κ3) is 2.61. The first-order valence-electron chi connectivity index (χ1n) is 8.73. The van der Waals surface area contributed by atoms with Gasteiger partial charge >= 0.3 is 0 Å². The Labute approximate surface area is 144 Å². The van der Waals surface area contributed by atoms with Crippen LogP contribution in [0.25, 0.3) is 5.57 Å². The minimum Gasteiger partial charge on any atom is -0.228 e. The molecule has 2 atom stereocenters. The summed E-state index contributed by atoms with van der Waals surface area (Å²) in [6.45, 7) is 0. The van der Waals surface area contributed by atoms with Gasteiger partial charge in [-0.25, -0.2) is 8.42 Å². The summed E-state index contributed by atoms with van der Waals surface area (Å²) in [4.78, 5) is 0. The molecule has 0 N–H and O–H groups in total. The summed E-state index contributed by atoms with van der Waals surface area (Å²) in [6.07, 6.45) is 4.42. The highest BCUT2D eigenvalue weighted by atomic mass is 32.2. The van der Waals surface area contributed by atoms with E-state index in [4.69, 9.17) is 0 Å². The summed E-state index contributed by atoms with van der Waals surface area (Å²) in [6, 6.07) is 20.1. The van der Waals surface area contributed by atoms with Crippen molar-refractivity contribution in [3.05, 3.63) is 77.4 Å². The van der Waals surface area contributed by atoms with Crippen molar-refractivity contribution in [2.45, 2.75) is 42.6 Å². The molecule has 124 valence electrons. The molecule has 0 amide bonds. The van der Waals surface area contributed by atoms with Gasteiger partial charge in [0.05, 0.1) is 10.5 Å². The molecule has 3 heteroatoms. The number of fused-ring (bicyclic) bond motifs is 1. The minimum absolute atomic E-state index is 0.291. The van der Waals surface area contributed by atoms with Crippen LogP contribution in [-0.4, -0.2) is 13.7 Å². The van der Waals surface area contributed by atoms with Crippen molar-refractivity contribution in [1.82, 2.24) is 0 Å². The Morgan fingerprint density at radius 1 is 0.792 bits per heavy atom. The third-order valence-corrected chi connectivity index (χ3v) is 7.96. The molecule has 24 heavy (non-hydrogen) atoms. The fraction of sp³-hybridized carbons (Fsp3) is 0.333. The zero-order valence-corrected chi connectivity index (χ0v) is 14.5. The Morgan fingerprint density at radius 2 is 1.46 bits per heavy atom. The van der Waals surface area contributed by atoms with Crippen LogP contribution >= 0.6 is 0 Å². The molecule has 1 heterocycles. The molecule has 2 aliphatic rings. The van der Waals surface area contributed by atoms with E-state index >= 15 is 0 Å². The quantitative estimate of drug-likeness (QED) is 0.777. The highest BCUT2D eigenvalue weighted by Crippen LogP contribution is 2.48. The van der Waals surface area contributed by atoms with Crippen LogP contribution < -0.4 is 0 Å². The maximum absolute atomic E-state index is 13.3. The second kappa shape index (κ2) is 6.21. The number of allylic oxidation sites excluding steroid dienone is 1. The molecule has 0 bridgehead atoms. The predicted molar refractivity (Wildman–Crippen MR) is 98.3 cm³/mol. The molecule has 0 radical (unpaired) electrons. The van der Waals surface area contributed by atoms with E-state index < -0.39 is 15.1 Å². The average molecular weight is 338 g/mol. The molecule has 0 spiro atoms. The molecular formula is C21H22O2S. The largest absolute Gasteiger partial charge is 0.228 e. The lowest BCUT2D eigenvalue weighted by molar-refractivity contribution is 0.529. The number of hydrogen-bond donors (Lipinski definition) is 0. The molecule has 1 saturated carbocycles. The van der Waals surface area contributed by atoms with Crippen LogP contribution in [0.5, 0.6) is 0 Å². The fourth-order valence-electron chi connectivity index (χ4n) is 4.24. The van der Waals surface area contributed by atoms with Crippen LogP contribution in [0.1, 0.15) is 48.5 Å². The fourth-order valence-corrected chi connectivity index (χ4v) is 6.72. The van der Waals surface area contributed by atoms with Crippen molar-refractivity contribution in [3.8, 4) is 0 Å². The van der Waals surface area contributed by atoms with E-state index in [0.717, 1.165) is 31.2 Å². The number of hydrogen-bond acceptors (Lipinski definition) is 2. The standard InChI is InChI=1S/C21H22O2S/c22-24(23)20-14-8-7-13-18(20)19(16-9-3-1-4-10-16)15-21(24)17-11-5-2-6-12-17/h1-6,9-12,20-21H,7-8,13-15H2. The summed E-state index contributed by atoms with van der Waals surface area (Å²) in [7, 11) is -3.18. The number of sulfone groups is 1. The number of rotatable bonds is 2. The highest BCUT2D eigenvalue weighted by molar-refractivity contribution is 7.92. The highest BCUT2D eigenvalue weighted by Gasteiger charge is 2.43. The third-order valence-electron chi connectivity index (χ3n) is 5.41. The van der Waals surface area contributed by atoms with E-state index in [9.17, 15) is 8.42 Å². The smallest absolute Gasteiger partial charge is 0.164 e. The van der Waals surface area contributed by atoms with Crippen molar-refractivity contribution in [2.75, 3.05) is 0 Å². The van der Waals surface area contributed by atoms with Gasteiger partial charge in [-0.1, -0.05) is 67.1 Å².